The fourth-order valence-corrected chi connectivity index (χ4v) is 8.14. The molecule has 6 aromatic carbocycles. The molecule has 1 aromatic heterocycles. The van der Waals surface area contributed by atoms with Gasteiger partial charge in [0.1, 0.15) is 11.2 Å². The van der Waals surface area contributed by atoms with Gasteiger partial charge in [0.25, 0.3) is 0 Å². The van der Waals surface area contributed by atoms with Crippen molar-refractivity contribution in [2.24, 2.45) is 5.92 Å². The molecular formula is C48H35NO. The fraction of sp³-hybridized carbons (Fsp3) is 0.0833. The quantitative estimate of drug-likeness (QED) is 0.186. The lowest BCUT2D eigenvalue weighted by atomic mass is 9.86. The second-order valence-electron chi connectivity index (χ2n) is 13.6. The van der Waals surface area contributed by atoms with Gasteiger partial charge in [0.2, 0.25) is 0 Å². The van der Waals surface area contributed by atoms with Gasteiger partial charge in [-0.2, -0.15) is 0 Å². The lowest BCUT2D eigenvalue weighted by molar-refractivity contribution is 0.666. The van der Waals surface area contributed by atoms with Gasteiger partial charge in [-0.1, -0.05) is 140 Å². The van der Waals surface area contributed by atoms with Crippen LogP contribution in [-0.4, -0.2) is 0 Å². The molecule has 0 saturated carbocycles. The largest absolute Gasteiger partial charge is 0.455 e. The number of hydrogen-bond acceptors (Lipinski definition) is 2. The zero-order chi connectivity index (χ0) is 33.0. The van der Waals surface area contributed by atoms with Crippen molar-refractivity contribution in [1.29, 1.82) is 0 Å². The molecule has 3 aliphatic rings. The average molecular weight is 642 g/mol. The van der Waals surface area contributed by atoms with E-state index in [9.17, 15) is 0 Å². The molecule has 1 heterocycles. The molecule has 1 atom stereocenters. The van der Waals surface area contributed by atoms with Gasteiger partial charge in [-0.3, -0.25) is 0 Å². The Morgan fingerprint density at radius 1 is 0.680 bits per heavy atom. The van der Waals surface area contributed by atoms with Gasteiger partial charge in [-0.25, -0.2) is 0 Å². The summed E-state index contributed by atoms with van der Waals surface area (Å²) in [5.41, 5.74) is 14.2. The van der Waals surface area contributed by atoms with Crippen molar-refractivity contribution in [2.75, 3.05) is 4.90 Å². The molecule has 0 aliphatic heterocycles. The molecule has 0 N–H and O–H groups in total. The van der Waals surface area contributed by atoms with E-state index in [0.717, 1.165) is 41.2 Å². The van der Waals surface area contributed by atoms with Crippen molar-refractivity contribution in [3.05, 3.63) is 186 Å². The van der Waals surface area contributed by atoms with Gasteiger partial charge in [0, 0.05) is 33.6 Å². The standard InChI is InChI=1S/C48H35NO/c1-2-11-32(12-3-1)35-21-23-36(24-22-35)41-19-10-20-46-47(41)44-31-45(42-17-8-9-18-43(42)48(44)50-46)49(39-27-25-33-13-4-6-15-37(33)29-39)40-28-26-34-14-5-7-16-38(34)30-40/h1-7,9-16,18-25,27-31,34H,8,17,26H2. The van der Waals surface area contributed by atoms with E-state index in [2.05, 4.69) is 175 Å². The van der Waals surface area contributed by atoms with Gasteiger partial charge in [-0.05, 0) is 93.8 Å². The normalized spacial score (nSPS) is 16.4. The highest BCUT2D eigenvalue weighted by Gasteiger charge is 2.27. The van der Waals surface area contributed by atoms with Crippen molar-refractivity contribution in [3.8, 4) is 22.3 Å². The predicted molar refractivity (Wildman–Crippen MR) is 211 cm³/mol. The third kappa shape index (κ3) is 4.79. The Labute approximate surface area is 292 Å². The number of fused-ring (bicyclic) bond motifs is 7. The predicted octanol–water partition coefficient (Wildman–Crippen LogP) is 13.1. The van der Waals surface area contributed by atoms with Gasteiger partial charge in [0.15, 0.2) is 0 Å². The molecule has 0 bridgehead atoms. The van der Waals surface area contributed by atoms with Crippen LogP contribution in [0.5, 0.6) is 0 Å². The van der Waals surface area contributed by atoms with E-state index in [1.54, 1.807) is 0 Å². The topological polar surface area (TPSA) is 16.4 Å². The van der Waals surface area contributed by atoms with Crippen LogP contribution in [0.25, 0.3) is 61.0 Å². The van der Waals surface area contributed by atoms with Crippen molar-refractivity contribution in [3.63, 3.8) is 0 Å². The van der Waals surface area contributed by atoms with E-state index in [1.165, 1.54) is 66.8 Å². The molecule has 1 unspecified atom stereocenters. The van der Waals surface area contributed by atoms with E-state index in [0.29, 0.717) is 5.92 Å². The number of rotatable bonds is 5. The van der Waals surface area contributed by atoms with Crippen LogP contribution in [0.4, 0.5) is 11.4 Å². The smallest absolute Gasteiger partial charge is 0.143 e. The summed E-state index contributed by atoms with van der Waals surface area (Å²) in [6, 6.07) is 44.0. The Morgan fingerprint density at radius 3 is 2.40 bits per heavy atom. The third-order valence-corrected chi connectivity index (χ3v) is 10.6. The minimum Gasteiger partial charge on any atom is -0.455 e. The summed E-state index contributed by atoms with van der Waals surface area (Å²) in [6.07, 6.45) is 21.3. The van der Waals surface area contributed by atoms with Gasteiger partial charge in [-0.15, -0.1) is 0 Å². The van der Waals surface area contributed by atoms with Crippen LogP contribution in [0.15, 0.2) is 180 Å². The minimum atomic E-state index is 0.426. The van der Waals surface area contributed by atoms with Crippen LogP contribution in [0.3, 0.4) is 0 Å². The van der Waals surface area contributed by atoms with Crippen LogP contribution in [0.2, 0.25) is 0 Å². The SMILES string of the molecule is C1=CC2=CC(N(c3ccc4ccccc4c3)c3cc4c(oc5cccc(-c6ccc(-c7ccccc7)cc6)c54)c4c3CCC=C4)=CCC2C=C1. The third-order valence-electron chi connectivity index (χ3n) is 10.6. The molecule has 2 nitrogen and oxygen atoms in total. The van der Waals surface area contributed by atoms with Gasteiger partial charge < -0.3 is 9.32 Å². The number of hydrogen-bond donors (Lipinski definition) is 0. The van der Waals surface area contributed by atoms with E-state index in [1.807, 2.05) is 0 Å². The molecular weight excluding hydrogens is 607 g/mol. The van der Waals surface area contributed by atoms with Crippen molar-refractivity contribution in [2.45, 2.75) is 19.3 Å². The van der Waals surface area contributed by atoms with Crippen molar-refractivity contribution < 1.29 is 4.42 Å². The van der Waals surface area contributed by atoms with Crippen molar-refractivity contribution >= 4 is 50.2 Å². The number of allylic oxidation sites excluding steroid dienone is 8. The summed E-state index contributed by atoms with van der Waals surface area (Å²) in [4.78, 5) is 2.51. The second-order valence-corrected chi connectivity index (χ2v) is 13.6. The maximum Gasteiger partial charge on any atom is 0.143 e. The molecule has 0 saturated heterocycles. The number of nitrogens with zero attached hydrogens (tertiary/aromatic N) is 1. The Kier molecular flexibility index (Phi) is 6.80. The number of benzene rings is 6. The Morgan fingerprint density at radius 2 is 1.50 bits per heavy atom. The summed E-state index contributed by atoms with van der Waals surface area (Å²) in [5, 5.41) is 4.79. The first-order valence-corrected chi connectivity index (χ1v) is 17.7. The highest BCUT2D eigenvalue weighted by molar-refractivity contribution is 6.16. The van der Waals surface area contributed by atoms with Crippen LogP contribution < -0.4 is 4.90 Å². The molecule has 238 valence electrons. The summed E-state index contributed by atoms with van der Waals surface area (Å²) in [5.74, 6) is 0.426. The average Bonchev–Trinajstić information content (AvgIpc) is 3.57. The van der Waals surface area contributed by atoms with Crippen LogP contribution in [0, 0.1) is 5.92 Å². The van der Waals surface area contributed by atoms with E-state index in [-0.39, 0.29) is 0 Å². The monoisotopic (exact) mass is 641 g/mol. The first kappa shape index (κ1) is 28.9. The zero-order valence-corrected chi connectivity index (χ0v) is 27.7. The first-order valence-electron chi connectivity index (χ1n) is 17.7. The molecule has 3 aliphatic carbocycles. The summed E-state index contributed by atoms with van der Waals surface area (Å²) in [7, 11) is 0. The lowest BCUT2D eigenvalue weighted by Gasteiger charge is -2.33. The number of anilines is 2. The first-order chi connectivity index (χ1) is 24.8. The molecule has 0 spiro atoms. The molecule has 0 amide bonds. The van der Waals surface area contributed by atoms with Gasteiger partial charge in [0.05, 0.1) is 5.69 Å². The zero-order valence-electron chi connectivity index (χ0n) is 27.7. The highest BCUT2D eigenvalue weighted by Crippen LogP contribution is 2.47. The Balaban J connectivity index is 1.21. The maximum absolute atomic E-state index is 6.81. The minimum absolute atomic E-state index is 0.426. The summed E-state index contributed by atoms with van der Waals surface area (Å²) in [6.45, 7) is 0. The van der Waals surface area contributed by atoms with E-state index >= 15 is 0 Å². The van der Waals surface area contributed by atoms with E-state index < -0.39 is 0 Å². The Bertz CT molecular complexity index is 2610. The van der Waals surface area contributed by atoms with Crippen LogP contribution in [-0.2, 0) is 6.42 Å². The molecule has 2 heteroatoms. The van der Waals surface area contributed by atoms with Crippen molar-refractivity contribution in [1.82, 2.24) is 0 Å². The molecule has 7 aromatic rings. The number of furan rings is 1. The molecule has 10 rings (SSSR count). The highest BCUT2D eigenvalue weighted by atomic mass is 16.3. The lowest BCUT2D eigenvalue weighted by Crippen LogP contribution is -2.21. The molecule has 0 fully saturated rings. The maximum atomic E-state index is 6.81. The van der Waals surface area contributed by atoms with Crippen LogP contribution in [0.1, 0.15) is 24.0 Å². The summed E-state index contributed by atoms with van der Waals surface area (Å²) >= 11 is 0. The van der Waals surface area contributed by atoms with E-state index in [4.69, 9.17) is 4.42 Å². The molecule has 50 heavy (non-hydrogen) atoms. The Hall–Kier alpha value is -6.12. The molecule has 0 radical (unpaired) electrons. The van der Waals surface area contributed by atoms with Gasteiger partial charge >= 0.3 is 0 Å². The fourth-order valence-electron chi connectivity index (χ4n) is 8.14. The van der Waals surface area contributed by atoms with Crippen LogP contribution >= 0.6 is 0 Å². The summed E-state index contributed by atoms with van der Waals surface area (Å²) < 4.78 is 6.81. The second kappa shape index (κ2) is 11.8.